The first-order chi connectivity index (χ1) is 19.9. The molecule has 9 nitrogen and oxygen atoms in total. The minimum absolute atomic E-state index is 0.0621. The predicted octanol–water partition coefficient (Wildman–Crippen LogP) is 6.17. The number of nitrogens with two attached hydrogens (primary N) is 1. The zero-order valence-corrected chi connectivity index (χ0v) is 23.2. The second-order valence-corrected chi connectivity index (χ2v) is 10.4. The molecule has 0 atom stereocenters. The van der Waals surface area contributed by atoms with Gasteiger partial charge in [-0.15, -0.1) is 0 Å². The Morgan fingerprint density at radius 2 is 1.95 bits per heavy atom. The van der Waals surface area contributed by atoms with E-state index in [0.29, 0.717) is 40.0 Å². The van der Waals surface area contributed by atoms with Crippen LogP contribution in [0.4, 0.5) is 37.9 Å². The summed E-state index contributed by atoms with van der Waals surface area (Å²) in [5.41, 5.74) is 10.3. The number of para-hydroxylation sites is 1. The lowest BCUT2D eigenvalue weighted by molar-refractivity contribution is 0.256. The first-order valence-electron chi connectivity index (χ1n) is 13.3. The number of piperidine rings is 1. The second kappa shape index (κ2) is 11.2. The average Bonchev–Trinajstić information content (AvgIpc) is 3.09. The number of amides is 2. The molecule has 0 aliphatic carbocycles. The maximum Gasteiger partial charge on any atom is 0.326 e. The molecule has 3 aromatic carbocycles. The molecule has 2 aliphatic rings. The maximum absolute atomic E-state index is 14.6. The molecule has 0 radical (unpaired) electrons. The SMILES string of the molecule is COc1cc(N2CCC(N)CC2)ccc1Nc1ncc2c(n1)-c1ccccc1N(Cc1c(F)cccc1Cl)C(=O)N2. The van der Waals surface area contributed by atoms with E-state index in [1.807, 2.05) is 36.4 Å². The molecule has 0 bridgehead atoms. The summed E-state index contributed by atoms with van der Waals surface area (Å²) in [6, 6.07) is 17.5. The molecule has 1 fully saturated rings. The van der Waals surface area contributed by atoms with Gasteiger partial charge in [0.25, 0.3) is 0 Å². The highest BCUT2D eigenvalue weighted by Crippen LogP contribution is 2.40. The van der Waals surface area contributed by atoms with Crippen molar-refractivity contribution < 1.29 is 13.9 Å². The first-order valence-corrected chi connectivity index (χ1v) is 13.7. The molecule has 11 heteroatoms. The number of benzene rings is 3. The molecule has 41 heavy (non-hydrogen) atoms. The Balaban J connectivity index is 1.32. The van der Waals surface area contributed by atoms with E-state index in [2.05, 4.69) is 20.5 Å². The van der Waals surface area contributed by atoms with Crippen LogP contribution in [0, 0.1) is 5.82 Å². The van der Waals surface area contributed by atoms with Crippen LogP contribution in [0.2, 0.25) is 5.02 Å². The van der Waals surface area contributed by atoms with Gasteiger partial charge in [-0.25, -0.2) is 19.2 Å². The van der Waals surface area contributed by atoms with Gasteiger partial charge in [-0.3, -0.25) is 4.90 Å². The molecule has 4 aromatic rings. The third-order valence-electron chi connectivity index (χ3n) is 7.44. The number of nitrogens with zero attached hydrogens (tertiary/aromatic N) is 4. The molecule has 2 amide bonds. The second-order valence-electron chi connectivity index (χ2n) is 10.0. The van der Waals surface area contributed by atoms with Crippen LogP contribution in [0.5, 0.6) is 5.75 Å². The van der Waals surface area contributed by atoms with Gasteiger partial charge in [0, 0.05) is 47.0 Å². The van der Waals surface area contributed by atoms with Crippen LogP contribution < -0.4 is 30.9 Å². The number of carbonyl (C=O) groups excluding carboxylic acids is 1. The van der Waals surface area contributed by atoms with Crippen LogP contribution in [0.15, 0.2) is 66.9 Å². The summed E-state index contributed by atoms with van der Waals surface area (Å²) in [6.07, 6.45) is 3.46. The molecule has 3 heterocycles. The van der Waals surface area contributed by atoms with E-state index in [1.54, 1.807) is 25.4 Å². The Hall–Kier alpha value is -4.41. The number of hydrogen-bond acceptors (Lipinski definition) is 7. The van der Waals surface area contributed by atoms with E-state index in [0.717, 1.165) is 31.6 Å². The largest absolute Gasteiger partial charge is 0.494 e. The summed E-state index contributed by atoms with van der Waals surface area (Å²) >= 11 is 6.29. The van der Waals surface area contributed by atoms with Gasteiger partial charge >= 0.3 is 6.03 Å². The van der Waals surface area contributed by atoms with Gasteiger partial charge in [0.2, 0.25) is 5.95 Å². The van der Waals surface area contributed by atoms with Crippen molar-refractivity contribution in [1.82, 2.24) is 9.97 Å². The van der Waals surface area contributed by atoms with Crippen molar-refractivity contribution in [2.24, 2.45) is 5.73 Å². The molecular formula is C30H29ClFN7O2. The molecule has 4 N–H and O–H groups in total. The Morgan fingerprint density at radius 1 is 1.15 bits per heavy atom. The topological polar surface area (TPSA) is 109 Å². The number of fused-ring (bicyclic) bond motifs is 3. The highest BCUT2D eigenvalue weighted by atomic mass is 35.5. The summed E-state index contributed by atoms with van der Waals surface area (Å²) in [5.74, 6) is 0.491. The number of urea groups is 1. The van der Waals surface area contributed by atoms with Crippen molar-refractivity contribution in [3.63, 3.8) is 0 Å². The van der Waals surface area contributed by atoms with E-state index in [-0.39, 0.29) is 23.2 Å². The van der Waals surface area contributed by atoms with Crippen LogP contribution in [-0.2, 0) is 6.54 Å². The molecule has 2 aliphatic heterocycles. The van der Waals surface area contributed by atoms with E-state index in [4.69, 9.17) is 27.1 Å². The summed E-state index contributed by atoms with van der Waals surface area (Å²) in [5, 5.41) is 6.37. The number of carbonyl (C=O) groups is 1. The molecule has 0 unspecified atom stereocenters. The van der Waals surface area contributed by atoms with E-state index >= 15 is 0 Å². The van der Waals surface area contributed by atoms with E-state index in [1.165, 1.54) is 17.0 Å². The molecule has 0 saturated carbocycles. The summed E-state index contributed by atoms with van der Waals surface area (Å²) in [4.78, 5) is 26.3. The molecule has 0 spiro atoms. The standard InChI is InChI=1S/C30H29ClFN7O2/c1-41-27-15-19(38-13-11-18(33)12-14-38)9-10-24(27)35-29-34-16-25-28(37-29)20-5-2-3-8-26(20)39(30(40)36-25)17-21-22(31)6-4-7-23(21)32/h2-10,15-16,18H,11-14,17,33H2,1H3,(H,36,40)(H,34,35,37). The van der Waals surface area contributed by atoms with Crippen molar-refractivity contribution in [2.45, 2.75) is 25.4 Å². The monoisotopic (exact) mass is 573 g/mol. The van der Waals surface area contributed by atoms with Gasteiger partial charge in [-0.1, -0.05) is 35.9 Å². The minimum atomic E-state index is -0.486. The van der Waals surface area contributed by atoms with Gasteiger partial charge in [-0.2, -0.15) is 0 Å². The van der Waals surface area contributed by atoms with Crippen molar-refractivity contribution in [2.75, 3.05) is 40.6 Å². The van der Waals surface area contributed by atoms with Crippen LogP contribution in [0.25, 0.3) is 11.3 Å². The Bertz CT molecular complexity index is 1590. The Kier molecular flexibility index (Phi) is 7.34. The fraction of sp³-hybridized carbons (Fsp3) is 0.233. The number of hydrogen-bond donors (Lipinski definition) is 3. The van der Waals surface area contributed by atoms with Crippen molar-refractivity contribution in [3.05, 3.63) is 83.3 Å². The lowest BCUT2D eigenvalue weighted by Crippen LogP contribution is -2.39. The lowest BCUT2D eigenvalue weighted by Gasteiger charge is -2.32. The number of methoxy groups -OCH3 is 1. The summed E-state index contributed by atoms with van der Waals surface area (Å²) in [6.45, 7) is 1.74. The molecule has 6 rings (SSSR count). The third-order valence-corrected chi connectivity index (χ3v) is 7.79. The van der Waals surface area contributed by atoms with Gasteiger partial charge in [0.05, 0.1) is 36.9 Å². The van der Waals surface area contributed by atoms with Gasteiger partial charge < -0.3 is 26.0 Å². The first kappa shape index (κ1) is 26.8. The molecule has 1 saturated heterocycles. The smallest absolute Gasteiger partial charge is 0.326 e. The summed E-state index contributed by atoms with van der Waals surface area (Å²) < 4.78 is 20.3. The van der Waals surface area contributed by atoms with Crippen LogP contribution in [-0.4, -0.2) is 42.2 Å². The van der Waals surface area contributed by atoms with E-state index < -0.39 is 11.8 Å². The Labute approximate surface area is 242 Å². The van der Waals surface area contributed by atoms with Gasteiger partial charge in [0.15, 0.2) is 0 Å². The van der Waals surface area contributed by atoms with Crippen LogP contribution in [0.3, 0.4) is 0 Å². The fourth-order valence-electron chi connectivity index (χ4n) is 5.20. The zero-order chi connectivity index (χ0) is 28.5. The number of ether oxygens (including phenoxy) is 1. The quantitative estimate of drug-likeness (QED) is 0.253. The summed E-state index contributed by atoms with van der Waals surface area (Å²) in [7, 11) is 1.62. The molecule has 210 valence electrons. The van der Waals surface area contributed by atoms with Crippen LogP contribution in [0.1, 0.15) is 18.4 Å². The van der Waals surface area contributed by atoms with Crippen molar-refractivity contribution >= 4 is 46.3 Å². The third kappa shape index (κ3) is 5.36. The minimum Gasteiger partial charge on any atom is -0.494 e. The lowest BCUT2D eigenvalue weighted by atomic mass is 10.1. The average molecular weight is 574 g/mol. The zero-order valence-electron chi connectivity index (χ0n) is 22.4. The number of anilines is 5. The highest BCUT2D eigenvalue weighted by Gasteiger charge is 2.28. The number of rotatable bonds is 6. The van der Waals surface area contributed by atoms with E-state index in [9.17, 15) is 9.18 Å². The Morgan fingerprint density at radius 3 is 2.73 bits per heavy atom. The number of nitrogens with one attached hydrogen (secondary N) is 2. The van der Waals surface area contributed by atoms with Crippen molar-refractivity contribution in [1.29, 1.82) is 0 Å². The highest BCUT2D eigenvalue weighted by molar-refractivity contribution is 6.31. The van der Waals surface area contributed by atoms with Gasteiger partial charge in [0.1, 0.15) is 17.3 Å². The fourth-order valence-corrected chi connectivity index (χ4v) is 5.42. The number of aromatic nitrogens is 2. The van der Waals surface area contributed by atoms with Crippen molar-refractivity contribution in [3.8, 4) is 17.0 Å². The number of halogens is 2. The van der Waals surface area contributed by atoms with Gasteiger partial charge in [-0.05, 0) is 43.2 Å². The normalized spacial score (nSPS) is 15.1. The predicted molar refractivity (Wildman–Crippen MR) is 160 cm³/mol. The molecule has 1 aromatic heterocycles. The van der Waals surface area contributed by atoms with Crippen LogP contribution >= 0.6 is 11.6 Å². The maximum atomic E-state index is 14.6. The molecular weight excluding hydrogens is 545 g/mol.